The van der Waals surface area contributed by atoms with E-state index in [1.54, 1.807) is 18.2 Å². The van der Waals surface area contributed by atoms with Gasteiger partial charge in [0.15, 0.2) is 9.84 Å². The standard InChI is InChI=1S/C12H15NO5S2/c13-11(14)5-7-20(17,18)8-6-19-10-4-2-1-3-9(10)12(15)16/h1-4H,5-8H2,(H2,13,14)(H,15,16). The second-order valence-corrected chi connectivity index (χ2v) is 7.46. The Morgan fingerprint density at radius 2 is 1.85 bits per heavy atom. The number of carboxylic acids is 1. The van der Waals surface area contributed by atoms with Crippen molar-refractivity contribution in [1.82, 2.24) is 0 Å². The fraction of sp³-hybridized carbons (Fsp3) is 0.333. The molecule has 1 aromatic carbocycles. The molecule has 0 saturated carbocycles. The summed E-state index contributed by atoms with van der Waals surface area (Å²) < 4.78 is 23.2. The van der Waals surface area contributed by atoms with Crippen molar-refractivity contribution in [1.29, 1.82) is 0 Å². The molecule has 0 aliphatic carbocycles. The van der Waals surface area contributed by atoms with Crippen molar-refractivity contribution in [2.75, 3.05) is 17.3 Å². The van der Waals surface area contributed by atoms with Crippen LogP contribution in [0.25, 0.3) is 0 Å². The lowest BCUT2D eigenvalue weighted by Gasteiger charge is -2.06. The van der Waals surface area contributed by atoms with E-state index in [4.69, 9.17) is 10.8 Å². The van der Waals surface area contributed by atoms with Crippen LogP contribution in [0.3, 0.4) is 0 Å². The minimum atomic E-state index is -3.35. The summed E-state index contributed by atoms with van der Waals surface area (Å²) in [5, 5.41) is 8.99. The van der Waals surface area contributed by atoms with Crippen molar-refractivity contribution >= 4 is 33.5 Å². The van der Waals surface area contributed by atoms with Gasteiger partial charge in [-0.05, 0) is 12.1 Å². The van der Waals surface area contributed by atoms with Crippen molar-refractivity contribution in [3.63, 3.8) is 0 Å². The number of carboxylic acid groups (broad SMARTS) is 1. The minimum absolute atomic E-state index is 0.126. The van der Waals surface area contributed by atoms with Gasteiger partial charge in [0.2, 0.25) is 5.91 Å². The van der Waals surface area contributed by atoms with Crippen LogP contribution in [0.5, 0.6) is 0 Å². The molecule has 0 aliphatic rings. The average molecular weight is 317 g/mol. The summed E-state index contributed by atoms with van der Waals surface area (Å²) in [5.74, 6) is -1.88. The van der Waals surface area contributed by atoms with Crippen molar-refractivity contribution in [3.8, 4) is 0 Å². The Bertz CT molecular complexity index is 598. The second-order valence-electron chi connectivity index (χ2n) is 4.02. The molecule has 1 aromatic rings. The van der Waals surface area contributed by atoms with E-state index < -0.39 is 21.7 Å². The molecule has 0 radical (unpaired) electrons. The van der Waals surface area contributed by atoms with Gasteiger partial charge < -0.3 is 10.8 Å². The number of amides is 1. The van der Waals surface area contributed by atoms with Gasteiger partial charge >= 0.3 is 5.97 Å². The number of benzene rings is 1. The molecule has 0 aliphatic heterocycles. The van der Waals surface area contributed by atoms with Gasteiger partial charge in [-0.25, -0.2) is 13.2 Å². The molecule has 0 fully saturated rings. The van der Waals surface area contributed by atoms with Gasteiger partial charge in [-0.1, -0.05) is 12.1 Å². The maximum absolute atomic E-state index is 11.6. The molecule has 0 atom stereocenters. The molecule has 0 unspecified atom stereocenters. The Labute approximate surface area is 121 Å². The van der Waals surface area contributed by atoms with Crippen molar-refractivity contribution in [2.24, 2.45) is 5.73 Å². The molecule has 0 bridgehead atoms. The van der Waals surface area contributed by atoms with Crippen LogP contribution in [0.2, 0.25) is 0 Å². The molecule has 0 saturated heterocycles. The van der Waals surface area contributed by atoms with E-state index in [1.807, 2.05) is 0 Å². The quantitative estimate of drug-likeness (QED) is 0.684. The smallest absolute Gasteiger partial charge is 0.336 e. The number of sulfone groups is 1. The highest BCUT2D eigenvalue weighted by Gasteiger charge is 2.14. The first-order chi connectivity index (χ1) is 9.32. The van der Waals surface area contributed by atoms with Gasteiger partial charge in [-0.15, -0.1) is 11.8 Å². The van der Waals surface area contributed by atoms with Crippen LogP contribution in [0.4, 0.5) is 0 Å². The van der Waals surface area contributed by atoms with E-state index in [0.717, 1.165) is 11.8 Å². The SMILES string of the molecule is NC(=O)CCS(=O)(=O)CCSc1ccccc1C(=O)O. The summed E-state index contributed by atoms with van der Waals surface area (Å²) >= 11 is 1.16. The van der Waals surface area contributed by atoms with Crippen LogP contribution in [-0.4, -0.2) is 42.7 Å². The molecule has 3 N–H and O–H groups in total. The van der Waals surface area contributed by atoms with Gasteiger partial charge in [-0.3, -0.25) is 4.79 Å². The maximum Gasteiger partial charge on any atom is 0.336 e. The Morgan fingerprint density at radius 1 is 1.20 bits per heavy atom. The molecular formula is C12H15NO5S2. The number of hydrogen-bond acceptors (Lipinski definition) is 5. The van der Waals surface area contributed by atoms with E-state index >= 15 is 0 Å². The third kappa shape index (κ3) is 5.62. The lowest BCUT2D eigenvalue weighted by atomic mass is 10.2. The molecule has 0 heterocycles. The molecule has 110 valence electrons. The predicted molar refractivity (Wildman–Crippen MR) is 76.6 cm³/mol. The number of aromatic carboxylic acids is 1. The highest BCUT2D eigenvalue weighted by molar-refractivity contribution is 8.00. The zero-order valence-electron chi connectivity index (χ0n) is 10.6. The van der Waals surface area contributed by atoms with Gasteiger partial charge in [0.1, 0.15) is 0 Å². The first-order valence-corrected chi connectivity index (χ1v) is 8.56. The Balaban J connectivity index is 2.57. The molecule has 20 heavy (non-hydrogen) atoms. The fourth-order valence-corrected chi connectivity index (χ4v) is 4.18. The van der Waals surface area contributed by atoms with E-state index in [-0.39, 0.29) is 29.2 Å². The second kappa shape index (κ2) is 7.30. The van der Waals surface area contributed by atoms with Crippen LogP contribution in [0.15, 0.2) is 29.2 Å². The molecular weight excluding hydrogens is 302 g/mol. The van der Waals surface area contributed by atoms with Crippen LogP contribution in [0.1, 0.15) is 16.8 Å². The maximum atomic E-state index is 11.6. The zero-order valence-corrected chi connectivity index (χ0v) is 12.2. The number of carbonyl (C=O) groups is 2. The summed E-state index contributed by atoms with van der Waals surface area (Å²) in [6.07, 6.45) is -0.196. The lowest BCUT2D eigenvalue weighted by Crippen LogP contribution is -2.19. The highest BCUT2D eigenvalue weighted by Crippen LogP contribution is 2.22. The van der Waals surface area contributed by atoms with Crippen LogP contribution in [0, 0.1) is 0 Å². The number of thioether (sulfide) groups is 1. The van der Waals surface area contributed by atoms with E-state index in [1.165, 1.54) is 6.07 Å². The van der Waals surface area contributed by atoms with E-state index in [9.17, 15) is 18.0 Å². The van der Waals surface area contributed by atoms with Gasteiger partial charge in [-0.2, -0.15) is 0 Å². The molecule has 1 rings (SSSR count). The van der Waals surface area contributed by atoms with Crippen LogP contribution in [-0.2, 0) is 14.6 Å². The first kappa shape index (κ1) is 16.5. The average Bonchev–Trinajstić information content (AvgIpc) is 2.37. The summed E-state index contributed by atoms with van der Waals surface area (Å²) in [6.45, 7) is 0. The number of rotatable bonds is 8. The number of nitrogens with two attached hydrogens (primary N) is 1. The number of carbonyl (C=O) groups excluding carboxylic acids is 1. The van der Waals surface area contributed by atoms with E-state index in [0.29, 0.717) is 4.90 Å². The number of hydrogen-bond donors (Lipinski definition) is 2. The summed E-state index contributed by atoms with van der Waals surface area (Å²) in [7, 11) is -3.35. The Morgan fingerprint density at radius 3 is 2.45 bits per heavy atom. The highest BCUT2D eigenvalue weighted by atomic mass is 32.2. The third-order valence-electron chi connectivity index (χ3n) is 2.43. The normalized spacial score (nSPS) is 11.2. The van der Waals surface area contributed by atoms with Crippen molar-refractivity contribution in [3.05, 3.63) is 29.8 Å². The Hall–Kier alpha value is -1.54. The molecule has 0 aromatic heterocycles. The monoisotopic (exact) mass is 317 g/mol. The van der Waals surface area contributed by atoms with Gasteiger partial charge in [0.05, 0.1) is 17.1 Å². The molecule has 8 heteroatoms. The zero-order chi connectivity index (χ0) is 15.2. The van der Waals surface area contributed by atoms with Gasteiger partial charge in [0.25, 0.3) is 0 Å². The number of primary amides is 1. The van der Waals surface area contributed by atoms with Crippen LogP contribution >= 0.6 is 11.8 Å². The molecule has 1 amide bonds. The first-order valence-electron chi connectivity index (χ1n) is 5.75. The van der Waals surface area contributed by atoms with Crippen molar-refractivity contribution in [2.45, 2.75) is 11.3 Å². The predicted octanol–water partition coefficient (Wildman–Crippen LogP) is 0.767. The summed E-state index contributed by atoms with van der Waals surface area (Å²) in [6, 6.07) is 6.39. The molecule has 6 nitrogen and oxygen atoms in total. The summed E-state index contributed by atoms with van der Waals surface area (Å²) in [4.78, 5) is 22.0. The largest absolute Gasteiger partial charge is 0.478 e. The Kier molecular flexibility index (Phi) is 6.03. The van der Waals surface area contributed by atoms with Gasteiger partial charge in [0, 0.05) is 17.1 Å². The van der Waals surface area contributed by atoms with E-state index in [2.05, 4.69) is 0 Å². The summed E-state index contributed by atoms with van der Waals surface area (Å²) in [5.41, 5.74) is 5.04. The third-order valence-corrected chi connectivity index (χ3v) is 5.41. The fourth-order valence-electron chi connectivity index (χ4n) is 1.41. The van der Waals surface area contributed by atoms with Crippen LogP contribution < -0.4 is 5.73 Å². The topological polar surface area (TPSA) is 115 Å². The van der Waals surface area contributed by atoms with Crippen molar-refractivity contribution < 1.29 is 23.1 Å². The lowest BCUT2D eigenvalue weighted by molar-refractivity contribution is -0.117. The minimum Gasteiger partial charge on any atom is -0.478 e. The molecule has 0 spiro atoms.